The molecule has 0 spiro atoms. The van der Waals surface area contributed by atoms with E-state index in [0.717, 1.165) is 57.2 Å². The largest absolute Gasteiger partial charge is 0.355 e. The van der Waals surface area contributed by atoms with Gasteiger partial charge in [-0.1, -0.05) is 0 Å². The van der Waals surface area contributed by atoms with Gasteiger partial charge in [0.15, 0.2) is 0 Å². The van der Waals surface area contributed by atoms with Gasteiger partial charge in [0.2, 0.25) is 0 Å². The van der Waals surface area contributed by atoms with Crippen molar-refractivity contribution < 1.29 is 8.42 Å². The average molecular weight is 434 g/mol. The van der Waals surface area contributed by atoms with Crippen LogP contribution in [0.3, 0.4) is 0 Å². The number of piperazine rings is 1. The van der Waals surface area contributed by atoms with E-state index in [1.54, 1.807) is 24.7 Å². The number of nitrogens with one attached hydrogen (secondary N) is 2. The summed E-state index contributed by atoms with van der Waals surface area (Å²) in [6, 6.07) is 3.99. The van der Waals surface area contributed by atoms with Crippen molar-refractivity contribution in [3.63, 3.8) is 0 Å². The highest BCUT2D eigenvalue weighted by Gasteiger charge is 2.27. The summed E-state index contributed by atoms with van der Waals surface area (Å²) in [7, 11) is -1.93. The molecule has 0 unspecified atom stereocenters. The van der Waals surface area contributed by atoms with E-state index in [0.29, 0.717) is 17.4 Å². The van der Waals surface area contributed by atoms with Gasteiger partial charge in [-0.15, -0.1) is 0 Å². The minimum absolute atomic E-state index is 0.157. The van der Waals surface area contributed by atoms with Crippen molar-refractivity contribution in [2.45, 2.75) is 37.6 Å². The smallest absolute Gasteiger partial charge is 0.263 e. The van der Waals surface area contributed by atoms with E-state index >= 15 is 0 Å². The molecule has 2 aromatic rings. The molecule has 2 aliphatic heterocycles. The Balaban J connectivity index is 1.46. The molecule has 0 aliphatic carbocycles. The minimum Gasteiger partial charge on any atom is -0.355 e. The van der Waals surface area contributed by atoms with Crippen LogP contribution in [0.15, 0.2) is 23.2 Å². The Kier molecular flexibility index (Phi) is 5.99. The molecule has 164 valence electrons. The maximum absolute atomic E-state index is 12.8. The Hall–Kier alpha value is -2.17. The zero-order valence-corrected chi connectivity index (χ0v) is 18.7. The van der Waals surface area contributed by atoms with E-state index in [4.69, 9.17) is 0 Å². The molecule has 4 rings (SSSR count). The van der Waals surface area contributed by atoms with Gasteiger partial charge in [0.1, 0.15) is 10.7 Å². The fraction of sp³-hybridized carbons (Fsp3) is 0.600. The van der Waals surface area contributed by atoms with E-state index in [9.17, 15) is 8.42 Å². The number of aromatic nitrogens is 3. The quantitative estimate of drug-likeness (QED) is 0.729. The van der Waals surface area contributed by atoms with Crippen molar-refractivity contribution in [1.29, 1.82) is 0 Å². The second-order valence-corrected chi connectivity index (χ2v) is 9.84. The number of anilines is 2. The first-order valence-corrected chi connectivity index (χ1v) is 12.0. The second-order valence-electron chi connectivity index (χ2n) is 8.16. The Morgan fingerprint density at radius 2 is 1.93 bits per heavy atom. The van der Waals surface area contributed by atoms with Gasteiger partial charge in [0.05, 0.1) is 17.1 Å². The van der Waals surface area contributed by atoms with Crippen molar-refractivity contribution >= 4 is 21.5 Å². The molecule has 0 bridgehead atoms. The van der Waals surface area contributed by atoms with E-state index in [1.165, 1.54) is 12.6 Å². The number of piperidine rings is 1. The lowest BCUT2D eigenvalue weighted by atomic mass is 10.0. The molecule has 0 radical (unpaired) electrons. The van der Waals surface area contributed by atoms with Crippen LogP contribution in [0.4, 0.5) is 11.5 Å². The van der Waals surface area contributed by atoms with Gasteiger partial charge in [-0.05, 0) is 38.8 Å². The summed E-state index contributed by atoms with van der Waals surface area (Å²) < 4.78 is 30.0. The molecular weight excluding hydrogens is 402 g/mol. The molecule has 2 aromatic heterocycles. The van der Waals surface area contributed by atoms with E-state index in [-0.39, 0.29) is 4.90 Å². The maximum Gasteiger partial charge on any atom is 0.263 e. The molecule has 30 heavy (non-hydrogen) atoms. The predicted octanol–water partition coefficient (Wildman–Crippen LogP) is 1.11. The molecule has 2 aliphatic rings. The number of nitrogens with zero attached hydrogens (tertiary/aromatic N) is 5. The third-order valence-corrected chi connectivity index (χ3v) is 7.50. The third kappa shape index (κ3) is 4.30. The van der Waals surface area contributed by atoms with Crippen LogP contribution in [0.1, 0.15) is 24.2 Å². The molecular formula is C20H31N7O2S. The number of hydrogen-bond acceptors (Lipinski definition) is 7. The van der Waals surface area contributed by atoms with Gasteiger partial charge < -0.3 is 10.2 Å². The number of pyridine rings is 1. The number of hydrogen-bond donors (Lipinski definition) is 2. The van der Waals surface area contributed by atoms with E-state index in [2.05, 4.69) is 29.9 Å². The standard InChI is InChI=1S/C20H31N7O2S/c1-15-20(16(2)25(3)23-15)24-30(28,29)18-6-7-19(22-13-18)27-10-4-5-17(14-27)26-11-8-21-9-12-26/h6-7,13,17,21,24H,4-5,8-12,14H2,1-3H3/t17-/m1/s1. The van der Waals surface area contributed by atoms with E-state index in [1.807, 2.05) is 13.0 Å². The van der Waals surface area contributed by atoms with Crippen LogP contribution < -0.4 is 14.9 Å². The maximum atomic E-state index is 12.8. The number of sulfonamides is 1. The average Bonchev–Trinajstić information content (AvgIpc) is 3.00. The fourth-order valence-corrected chi connectivity index (χ4v) is 5.46. The van der Waals surface area contributed by atoms with Crippen molar-refractivity contribution in [3.8, 4) is 0 Å². The first-order valence-electron chi connectivity index (χ1n) is 10.5. The minimum atomic E-state index is -3.72. The van der Waals surface area contributed by atoms with Crippen LogP contribution in [0.5, 0.6) is 0 Å². The van der Waals surface area contributed by atoms with Crippen LogP contribution in [-0.4, -0.2) is 73.4 Å². The Morgan fingerprint density at radius 3 is 2.57 bits per heavy atom. The van der Waals surface area contributed by atoms with Crippen molar-refractivity contribution in [2.75, 3.05) is 48.9 Å². The normalized spacial score (nSPS) is 21.0. The van der Waals surface area contributed by atoms with Crippen LogP contribution in [-0.2, 0) is 17.1 Å². The van der Waals surface area contributed by atoms with Gasteiger partial charge >= 0.3 is 0 Å². The summed E-state index contributed by atoms with van der Waals surface area (Å²) in [5.74, 6) is 0.836. The summed E-state index contributed by atoms with van der Waals surface area (Å²) in [4.78, 5) is 9.48. The first kappa shape index (κ1) is 21.1. The fourth-order valence-electron chi connectivity index (χ4n) is 4.34. The zero-order valence-electron chi connectivity index (χ0n) is 17.9. The third-order valence-electron chi connectivity index (χ3n) is 6.16. The summed E-state index contributed by atoms with van der Waals surface area (Å²) in [6.45, 7) is 9.78. The topological polar surface area (TPSA) is 95.4 Å². The highest BCUT2D eigenvalue weighted by molar-refractivity contribution is 7.92. The van der Waals surface area contributed by atoms with Crippen LogP contribution in [0.25, 0.3) is 0 Å². The van der Waals surface area contributed by atoms with Crippen LogP contribution in [0.2, 0.25) is 0 Å². The highest BCUT2D eigenvalue weighted by Crippen LogP contribution is 2.25. The number of rotatable bonds is 5. The molecule has 10 heteroatoms. The predicted molar refractivity (Wildman–Crippen MR) is 117 cm³/mol. The molecule has 2 saturated heterocycles. The van der Waals surface area contributed by atoms with E-state index < -0.39 is 10.0 Å². The van der Waals surface area contributed by atoms with Crippen molar-refractivity contribution in [2.24, 2.45) is 7.05 Å². The summed E-state index contributed by atoms with van der Waals surface area (Å²) in [5.41, 5.74) is 1.94. The van der Waals surface area contributed by atoms with Gasteiger partial charge in [-0.3, -0.25) is 14.3 Å². The summed E-state index contributed by atoms with van der Waals surface area (Å²) >= 11 is 0. The zero-order chi connectivity index (χ0) is 21.3. The Labute approximate surface area is 178 Å². The molecule has 2 fully saturated rings. The summed E-state index contributed by atoms with van der Waals surface area (Å²) in [6.07, 6.45) is 3.78. The summed E-state index contributed by atoms with van der Waals surface area (Å²) in [5, 5.41) is 7.68. The first-order chi connectivity index (χ1) is 14.3. The van der Waals surface area contributed by atoms with Gasteiger partial charge in [-0.2, -0.15) is 5.10 Å². The molecule has 1 atom stereocenters. The molecule has 0 saturated carbocycles. The molecule has 9 nitrogen and oxygen atoms in total. The highest BCUT2D eigenvalue weighted by atomic mass is 32.2. The second kappa shape index (κ2) is 8.52. The van der Waals surface area contributed by atoms with Gasteiger partial charge in [0, 0.05) is 58.6 Å². The van der Waals surface area contributed by atoms with Crippen LogP contribution >= 0.6 is 0 Å². The lowest BCUT2D eigenvalue weighted by Gasteiger charge is -2.41. The van der Waals surface area contributed by atoms with Gasteiger partial charge in [-0.25, -0.2) is 13.4 Å². The number of aryl methyl sites for hydroxylation is 2. The van der Waals surface area contributed by atoms with Crippen molar-refractivity contribution in [3.05, 3.63) is 29.7 Å². The molecule has 2 N–H and O–H groups in total. The monoisotopic (exact) mass is 433 g/mol. The molecule has 0 aromatic carbocycles. The van der Waals surface area contributed by atoms with Crippen LogP contribution in [0, 0.1) is 13.8 Å². The Bertz CT molecular complexity index is 981. The SMILES string of the molecule is Cc1nn(C)c(C)c1NS(=O)(=O)c1ccc(N2CCC[C@@H](N3CCNCC3)C2)nc1. The molecule has 0 amide bonds. The van der Waals surface area contributed by atoms with Gasteiger partial charge in [0.25, 0.3) is 10.0 Å². The lowest BCUT2D eigenvalue weighted by Crippen LogP contribution is -2.54. The van der Waals surface area contributed by atoms with Crippen molar-refractivity contribution in [1.82, 2.24) is 25.0 Å². The Morgan fingerprint density at radius 1 is 1.17 bits per heavy atom. The molecule has 4 heterocycles. The lowest BCUT2D eigenvalue weighted by molar-refractivity contribution is 0.156.